The molecule has 0 spiro atoms. The molecular formula is C19H26N2O5. The van der Waals surface area contributed by atoms with E-state index < -0.39 is 24.1 Å². The van der Waals surface area contributed by atoms with Gasteiger partial charge in [-0.05, 0) is 24.3 Å². The number of benzene rings is 1. The Hall–Kier alpha value is -2.57. The molecule has 2 atom stereocenters. The Bertz CT molecular complexity index is 632. The Kier molecular flexibility index (Phi) is 7.00. The number of esters is 1. The fourth-order valence-corrected chi connectivity index (χ4v) is 2.91. The minimum atomic E-state index is -0.916. The number of hydrogen-bond donors (Lipinski definition) is 1. The molecule has 0 radical (unpaired) electrons. The zero-order valence-electron chi connectivity index (χ0n) is 15.4. The molecule has 26 heavy (non-hydrogen) atoms. The second-order valence-electron chi connectivity index (χ2n) is 6.69. The van der Waals surface area contributed by atoms with Gasteiger partial charge >= 0.3 is 12.1 Å². The summed E-state index contributed by atoms with van der Waals surface area (Å²) in [5.41, 5.74) is 0.634. The minimum absolute atomic E-state index is 0.189. The van der Waals surface area contributed by atoms with Gasteiger partial charge in [0.05, 0.1) is 13.7 Å². The first kappa shape index (κ1) is 19.8. The van der Waals surface area contributed by atoms with Crippen LogP contribution in [-0.4, -0.2) is 49.2 Å². The van der Waals surface area contributed by atoms with Crippen LogP contribution in [0.4, 0.5) is 4.79 Å². The summed E-state index contributed by atoms with van der Waals surface area (Å²) >= 11 is 0. The highest BCUT2D eigenvalue weighted by molar-refractivity contribution is 5.91. The molecule has 1 aromatic carbocycles. The van der Waals surface area contributed by atoms with Gasteiger partial charge in [0.2, 0.25) is 0 Å². The predicted octanol–water partition coefficient (Wildman–Crippen LogP) is 2.27. The zero-order valence-corrected chi connectivity index (χ0v) is 15.4. The van der Waals surface area contributed by atoms with Crippen LogP contribution in [0.25, 0.3) is 0 Å². The van der Waals surface area contributed by atoms with E-state index in [-0.39, 0.29) is 18.4 Å². The number of rotatable bonds is 6. The number of nitrogens with zero attached hydrogens (tertiary/aromatic N) is 1. The molecule has 1 N–H and O–H groups in total. The van der Waals surface area contributed by atoms with Crippen LogP contribution in [0.3, 0.4) is 0 Å². The Morgan fingerprint density at radius 3 is 2.54 bits per heavy atom. The number of likely N-dealkylation sites (tertiary alicyclic amines) is 1. The first-order valence-electron chi connectivity index (χ1n) is 8.80. The summed E-state index contributed by atoms with van der Waals surface area (Å²) in [5.74, 6) is -0.593. The maximum Gasteiger partial charge on any atom is 0.408 e. The highest BCUT2D eigenvalue weighted by Gasteiger charge is 2.38. The maximum absolute atomic E-state index is 13.1. The monoisotopic (exact) mass is 362 g/mol. The smallest absolute Gasteiger partial charge is 0.408 e. The summed E-state index contributed by atoms with van der Waals surface area (Å²) in [6.07, 6.45) is 0.609. The fourth-order valence-electron chi connectivity index (χ4n) is 2.91. The maximum atomic E-state index is 13.1. The molecule has 0 aliphatic carbocycles. The Labute approximate surface area is 153 Å². The summed E-state index contributed by atoms with van der Waals surface area (Å²) in [7, 11) is 1.31. The molecule has 1 aromatic rings. The largest absolute Gasteiger partial charge is 0.467 e. The van der Waals surface area contributed by atoms with E-state index in [0.29, 0.717) is 24.9 Å². The van der Waals surface area contributed by atoms with Crippen molar-refractivity contribution in [2.75, 3.05) is 20.3 Å². The van der Waals surface area contributed by atoms with E-state index in [4.69, 9.17) is 9.47 Å². The van der Waals surface area contributed by atoms with Gasteiger partial charge in [-0.2, -0.15) is 0 Å². The van der Waals surface area contributed by atoms with E-state index in [1.165, 1.54) is 12.0 Å². The average Bonchev–Trinajstić information content (AvgIpc) is 3.13. The average molecular weight is 362 g/mol. The normalized spacial score (nSPS) is 17.7. The number of alkyl carbamates (subject to hydrolysis) is 1. The van der Waals surface area contributed by atoms with Crippen LogP contribution in [-0.2, 0) is 19.1 Å². The van der Waals surface area contributed by atoms with Gasteiger partial charge in [-0.3, -0.25) is 4.79 Å². The van der Waals surface area contributed by atoms with E-state index in [9.17, 15) is 14.4 Å². The molecule has 0 bridgehead atoms. The van der Waals surface area contributed by atoms with Gasteiger partial charge < -0.3 is 19.7 Å². The topological polar surface area (TPSA) is 84.9 Å². The Balaban J connectivity index is 2.19. The molecular weight excluding hydrogens is 336 g/mol. The molecule has 2 amide bonds. The fraction of sp³-hybridized carbons (Fsp3) is 0.526. The van der Waals surface area contributed by atoms with E-state index >= 15 is 0 Å². The first-order valence-corrected chi connectivity index (χ1v) is 8.80. The lowest BCUT2D eigenvalue weighted by Gasteiger charge is -2.28. The van der Waals surface area contributed by atoms with Crippen LogP contribution in [0.2, 0.25) is 0 Å². The van der Waals surface area contributed by atoms with Crippen molar-refractivity contribution in [2.24, 2.45) is 5.92 Å². The van der Waals surface area contributed by atoms with Crippen LogP contribution >= 0.6 is 0 Å². The van der Waals surface area contributed by atoms with Gasteiger partial charge in [0, 0.05) is 6.54 Å². The number of methoxy groups -OCH3 is 1. The molecule has 142 valence electrons. The van der Waals surface area contributed by atoms with Crippen LogP contribution in [0, 0.1) is 5.92 Å². The van der Waals surface area contributed by atoms with Crippen LogP contribution in [0.5, 0.6) is 0 Å². The third-order valence-corrected chi connectivity index (χ3v) is 4.20. The van der Waals surface area contributed by atoms with Crippen molar-refractivity contribution in [3.8, 4) is 0 Å². The van der Waals surface area contributed by atoms with Crippen molar-refractivity contribution in [1.29, 1.82) is 0 Å². The number of carbonyl (C=O) groups is 3. The van der Waals surface area contributed by atoms with Crippen molar-refractivity contribution in [3.63, 3.8) is 0 Å². The SMILES string of the molecule is COC(=O)C1CCCN1C(=O)[C@H](NC(=O)OCC(C)C)c1ccccc1. The minimum Gasteiger partial charge on any atom is -0.467 e. The van der Waals surface area contributed by atoms with E-state index in [1.54, 1.807) is 24.3 Å². The van der Waals surface area contributed by atoms with Crippen molar-refractivity contribution >= 4 is 18.0 Å². The first-order chi connectivity index (χ1) is 12.4. The lowest BCUT2D eigenvalue weighted by Crippen LogP contribution is -2.47. The quantitative estimate of drug-likeness (QED) is 0.785. The molecule has 1 saturated heterocycles. The van der Waals surface area contributed by atoms with Crippen molar-refractivity contribution in [3.05, 3.63) is 35.9 Å². The number of ether oxygens (including phenoxy) is 2. The van der Waals surface area contributed by atoms with Gasteiger partial charge in [-0.15, -0.1) is 0 Å². The summed E-state index contributed by atoms with van der Waals surface area (Å²) < 4.78 is 9.95. The zero-order chi connectivity index (χ0) is 19.1. The predicted molar refractivity (Wildman–Crippen MR) is 95.3 cm³/mol. The van der Waals surface area contributed by atoms with Gasteiger partial charge in [0.15, 0.2) is 0 Å². The van der Waals surface area contributed by atoms with E-state index in [2.05, 4.69) is 5.32 Å². The molecule has 1 aliphatic heterocycles. The molecule has 1 unspecified atom stereocenters. The summed E-state index contributed by atoms with van der Waals surface area (Å²) in [6.45, 7) is 4.57. The number of nitrogens with one attached hydrogen (secondary N) is 1. The van der Waals surface area contributed by atoms with Crippen LogP contribution in [0.15, 0.2) is 30.3 Å². The highest BCUT2D eigenvalue weighted by atomic mass is 16.5. The van der Waals surface area contributed by atoms with Gasteiger partial charge in [0.25, 0.3) is 5.91 Å². The third kappa shape index (κ3) is 4.97. The summed E-state index contributed by atoms with van der Waals surface area (Å²) in [4.78, 5) is 38.7. The Morgan fingerprint density at radius 2 is 1.92 bits per heavy atom. The van der Waals surface area contributed by atoms with Crippen LogP contribution < -0.4 is 5.32 Å². The molecule has 7 nitrogen and oxygen atoms in total. The van der Waals surface area contributed by atoms with E-state index in [0.717, 1.165) is 0 Å². The molecule has 0 saturated carbocycles. The second-order valence-corrected chi connectivity index (χ2v) is 6.69. The summed E-state index contributed by atoms with van der Waals surface area (Å²) in [5, 5.41) is 2.64. The second kappa shape index (κ2) is 9.22. The molecule has 1 heterocycles. The number of amides is 2. The van der Waals surface area contributed by atoms with E-state index in [1.807, 2.05) is 19.9 Å². The van der Waals surface area contributed by atoms with Gasteiger partial charge in [-0.25, -0.2) is 9.59 Å². The van der Waals surface area contributed by atoms with Gasteiger partial charge in [0.1, 0.15) is 12.1 Å². The van der Waals surface area contributed by atoms with Crippen LogP contribution in [0.1, 0.15) is 38.3 Å². The van der Waals surface area contributed by atoms with Gasteiger partial charge in [-0.1, -0.05) is 44.2 Å². The highest BCUT2D eigenvalue weighted by Crippen LogP contribution is 2.24. The number of hydrogen-bond acceptors (Lipinski definition) is 5. The van der Waals surface area contributed by atoms with Crippen molar-refractivity contribution in [1.82, 2.24) is 10.2 Å². The molecule has 1 aliphatic rings. The third-order valence-electron chi connectivity index (χ3n) is 4.20. The number of carbonyl (C=O) groups excluding carboxylic acids is 3. The summed E-state index contributed by atoms with van der Waals surface area (Å²) in [6, 6.07) is 7.39. The molecule has 1 fully saturated rings. The Morgan fingerprint density at radius 1 is 1.23 bits per heavy atom. The van der Waals surface area contributed by atoms with Crippen molar-refractivity contribution in [2.45, 2.75) is 38.8 Å². The molecule has 2 rings (SSSR count). The molecule has 0 aromatic heterocycles. The molecule has 7 heteroatoms. The standard InChI is InChI=1S/C19H26N2O5/c1-13(2)12-26-19(24)20-16(14-8-5-4-6-9-14)17(22)21-11-7-10-15(21)18(23)25-3/h4-6,8-9,13,15-16H,7,10-12H2,1-3H3,(H,20,24)/t15?,16-/m1/s1. The lowest BCUT2D eigenvalue weighted by atomic mass is 10.1. The van der Waals surface area contributed by atoms with Crippen molar-refractivity contribution < 1.29 is 23.9 Å². The lowest BCUT2D eigenvalue weighted by molar-refractivity contribution is -0.151.